The topological polar surface area (TPSA) is 69.5 Å². The van der Waals surface area contributed by atoms with Gasteiger partial charge < -0.3 is 9.47 Å². The second kappa shape index (κ2) is 8.78. The van der Waals surface area contributed by atoms with Gasteiger partial charge in [-0.05, 0) is 47.9 Å². The molecule has 33 heavy (non-hydrogen) atoms. The van der Waals surface area contributed by atoms with Gasteiger partial charge in [-0.15, -0.1) is 0 Å². The van der Waals surface area contributed by atoms with Crippen LogP contribution in [0.4, 0.5) is 5.95 Å². The van der Waals surface area contributed by atoms with Gasteiger partial charge in [-0.1, -0.05) is 48.5 Å². The molecule has 1 aliphatic heterocycles. The van der Waals surface area contributed by atoms with Gasteiger partial charge >= 0.3 is 0 Å². The number of benzene rings is 3. The van der Waals surface area contributed by atoms with Crippen molar-refractivity contribution >= 4 is 11.9 Å². The molecule has 166 valence electrons. The molecule has 0 bridgehead atoms. The number of hydrogen-bond donors (Lipinski definition) is 0. The first-order chi connectivity index (χ1) is 16.2. The fraction of sp³-hybridized carbons (Fsp3) is 0.192. The molecule has 0 spiro atoms. The number of anilines is 1. The third-order valence-corrected chi connectivity index (χ3v) is 6.04. The first-order valence-electron chi connectivity index (χ1n) is 10.8. The Balaban J connectivity index is 1.63. The van der Waals surface area contributed by atoms with E-state index in [-0.39, 0.29) is 18.0 Å². The largest absolute Gasteiger partial charge is 0.497 e. The molecule has 1 aliphatic rings. The second-order valence-electron chi connectivity index (χ2n) is 7.86. The fourth-order valence-electron chi connectivity index (χ4n) is 4.38. The first-order valence-corrected chi connectivity index (χ1v) is 10.8. The van der Waals surface area contributed by atoms with Crippen LogP contribution in [0.2, 0.25) is 0 Å². The first kappa shape index (κ1) is 20.8. The summed E-state index contributed by atoms with van der Waals surface area (Å²) in [6.07, 6.45) is 2.16. The van der Waals surface area contributed by atoms with Crippen LogP contribution in [-0.4, -0.2) is 34.9 Å². The van der Waals surface area contributed by atoms with Crippen molar-refractivity contribution in [1.29, 1.82) is 0 Å². The van der Waals surface area contributed by atoms with E-state index >= 15 is 0 Å². The van der Waals surface area contributed by atoms with Crippen molar-refractivity contribution < 1.29 is 14.3 Å². The quantitative estimate of drug-likeness (QED) is 0.451. The monoisotopic (exact) mass is 440 g/mol. The van der Waals surface area contributed by atoms with Crippen LogP contribution in [0.5, 0.6) is 11.5 Å². The van der Waals surface area contributed by atoms with Crippen molar-refractivity contribution in [3.05, 3.63) is 102 Å². The van der Waals surface area contributed by atoms with Crippen molar-refractivity contribution in [2.75, 3.05) is 19.1 Å². The van der Waals surface area contributed by atoms with Gasteiger partial charge in [0.2, 0.25) is 5.95 Å². The van der Waals surface area contributed by atoms with Crippen molar-refractivity contribution in [3.63, 3.8) is 0 Å². The van der Waals surface area contributed by atoms with Gasteiger partial charge in [-0.2, -0.15) is 10.1 Å². The van der Waals surface area contributed by atoms with Gasteiger partial charge in [0, 0.05) is 5.56 Å². The van der Waals surface area contributed by atoms with Crippen LogP contribution in [0, 0.1) is 0 Å². The summed E-state index contributed by atoms with van der Waals surface area (Å²) in [6.45, 7) is 0. The number of nitrogens with zero attached hydrogens (tertiary/aromatic N) is 4. The third kappa shape index (κ3) is 3.82. The van der Waals surface area contributed by atoms with E-state index in [0.717, 1.165) is 16.9 Å². The van der Waals surface area contributed by atoms with Crippen molar-refractivity contribution in [1.82, 2.24) is 14.8 Å². The Labute approximate surface area is 192 Å². The summed E-state index contributed by atoms with van der Waals surface area (Å²) >= 11 is 0. The number of carbonyl (C=O) groups excluding carboxylic acids is 1. The molecule has 2 heterocycles. The van der Waals surface area contributed by atoms with E-state index in [1.165, 1.54) is 6.33 Å². The predicted molar refractivity (Wildman–Crippen MR) is 125 cm³/mol. The molecule has 0 fully saturated rings. The fourth-order valence-corrected chi connectivity index (χ4v) is 4.38. The summed E-state index contributed by atoms with van der Waals surface area (Å²) in [4.78, 5) is 20.1. The van der Waals surface area contributed by atoms with Crippen molar-refractivity contribution in [3.8, 4) is 11.5 Å². The molecule has 4 aromatic rings. The Morgan fingerprint density at radius 2 is 1.58 bits per heavy atom. The maximum atomic E-state index is 13.8. The van der Waals surface area contributed by atoms with E-state index in [0.29, 0.717) is 23.7 Å². The lowest BCUT2D eigenvalue weighted by Crippen LogP contribution is -2.42. The average molecular weight is 441 g/mol. The van der Waals surface area contributed by atoms with E-state index in [1.807, 2.05) is 59.3 Å². The Morgan fingerprint density at radius 1 is 0.848 bits per heavy atom. The molecule has 0 saturated heterocycles. The van der Waals surface area contributed by atoms with Crippen LogP contribution < -0.4 is 14.4 Å². The maximum absolute atomic E-state index is 13.8. The molecule has 1 amide bonds. The van der Waals surface area contributed by atoms with Crippen LogP contribution in [-0.2, 0) is 0 Å². The number of amides is 1. The molecule has 5 rings (SSSR count). The molecule has 0 N–H and O–H groups in total. The van der Waals surface area contributed by atoms with Crippen molar-refractivity contribution in [2.24, 2.45) is 0 Å². The number of aromatic nitrogens is 3. The van der Waals surface area contributed by atoms with Gasteiger partial charge in [0.05, 0.1) is 26.3 Å². The Morgan fingerprint density at radius 3 is 2.30 bits per heavy atom. The van der Waals surface area contributed by atoms with Crippen LogP contribution in [0.15, 0.2) is 85.2 Å². The average Bonchev–Trinajstić information content (AvgIpc) is 3.38. The lowest BCUT2D eigenvalue weighted by atomic mass is 9.91. The zero-order valence-electron chi connectivity index (χ0n) is 18.5. The van der Waals surface area contributed by atoms with Crippen LogP contribution in [0.3, 0.4) is 0 Å². The lowest BCUT2D eigenvalue weighted by Gasteiger charge is -2.39. The van der Waals surface area contributed by atoms with Crippen molar-refractivity contribution in [2.45, 2.75) is 18.5 Å². The standard InChI is InChI=1S/C26H24N4O3/c1-32-21-13-11-19(12-14-21)23-16-24(18-7-4-3-5-8-18)30-26(27-17-28-30)29(23)25(31)20-9-6-10-22(15-20)33-2/h3-15,17,23-24H,16H2,1-2H3/t23-,24-/m0/s1. The lowest BCUT2D eigenvalue weighted by molar-refractivity contribution is 0.0963. The van der Waals surface area contributed by atoms with Gasteiger partial charge in [0.15, 0.2) is 0 Å². The minimum atomic E-state index is -0.239. The maximum Gasteiger partial charge on any atom is 0.261 e. The number of hydrogen-bond acceptors (Lipinski definition) is 5. The van der Waals surface area contributed by atoms with Gasteiger partial charge in [0.1, 0.15) is 17.8 Å². The minimum absolute atomic E-state index is 0.0508. The number of carbonyl (C=O) groups is 1. The van der Waals surface area contributed by atoms with Crippen LogP contribution in [0.1, 0.15) is 40.0 Å². The number of fused-ring (bicyclic) bond motifs is 1. The zero-order chi connectivity index (χ0) is 22.8. The molecular weight excluding hydrogens is 416 g/mol. The second-order valence-corrected chi connectivity index (χ2v) is 7.86. The summed E-state index contributed by atoms with van der Waals surface area (Å²) in [6, 6.07) is 24.9. The summed E-state index contributed by atoms with van der Waals surface area (Å²) in [5, 5.41) is 4.50. The predicted octanol–water partition coefficient (Wildman–Crippen LogP) is 4.68. The highest BCUT2D eigenvalue weighted by Crippen LogP contribution is 2.42. The van der Waals surface area contributed by atoms with E-state index in [1.54, 1.807) is 31.3 Å². The minimum Gasteiger partial charge on any atom is -0.497 e. The Bertz CT molecular complexity index is 1250. The molecule has 3 aromatic carbocycles. The van der Waals surface area contributed by atoms with Crippen LogP contribution in [0.25, 0.3) is 0 Å². The summed E-state index contributed by atoms with van der Waals surface area (Å²) < 4.78 is 12.5. The highest BCUT2D eigenvalue weighted by atomic mass is 16.5. The molecule has 2 atom stereocenters. The molecule has 7 nitrogen and oxygen atoms in total. The van der Waals surface area contributed by atoms with Gasteiger partial charge in [0.25, 0.3) is 5.91 Å². The molecular formula is C26H24N4O3. The normalized spacial score (nSPS) is 17.3. The summed E-state index contributed by atoms with van der Waals surface area (Å²) in [7, 11) is 3.23. The molecule has 1 aromatic heterocycles. The summed E-state index contributed by atoms with van der Waals surface area (Å²) in [5.74, 6) is 1.75. The zero-order valence-corrected chi connectivity index (χ0v) is 18.5. The van der Waals surface area contributed by atoms with Gasteiger partial charge in [-0.25, -0.2) is 4.68 Å². The number of methoxy groups -OCH3 is 2. The molecule has 0 radical (unpaired) electrons. The van der Waals surface area contributed by atoms with Gasteiger partial charge in [-0.3, -0.25) is 9.69 Å². The Kier molecular flexibility index (Phi) is 5.52. The summed E-state index contributed by atoms with van der Waals surface area (Å²) in [5.41, 5.74) is 2.65. The van der Waals surface area contributed by atoms with E-state index in [9.17, 15) is 4.79 Å². The number of ether oxygens (including phenoxy) is 2. The molecule has 0 unspecified atom stereocenters. The smallest absolute Gasteiger partial charge is 0.261 e. The third-order valence-electron chi connectivity index (χ3n) is 6.04. The molecule has 0 aliphatic carbocycles. The van der Waals surface area contributed by atoms with Crippen LogP contribution >= 0.6 is 0 Å². The van der Waals surface area contributed by atoms with E-state index in [2.05, 4.69) is 22.2 Å². The highest BCUT2D eigenvalue weighted by molar-refractivity contribution is 6.06. The highest BCUT2D eigenvalue weighted by Gasteiger charge is 2.39. The SMILES string of the molecule is COc1ccc([C@@H]2C[C@@H](c3ccccc3)n3ncnc3N2C(=O)c2cccc(OC)c2)cc1. The number of rotatable bonds is 5. The Hall–Kier alpha value is -4.13. The van der Waals surface area contributed by atoms with E-state index in [4.69, 9.17) is 9.47 Å². The van der Waals surface area contributed by atoms with E-state index < -0.39 is 0 Å². The molecule has 0 saturated carbocycles. The molecule has 7 heteroatoms.